The molecule has 0 saturated carbocycles. The van der Waals surface area contributed by atoms with Crippen LogP contribution in [0.25, 0.3) is 0 Å². The zero-order valence-electron chi connectivity index (χ0n) is 14.2. The molecule has 1 aromatic rings. The molecule has 120 valence electrons. The fourth-order valence-corrected chi connectivity index (χ4v) is 2.91. The van der Waals surface area contributed by atoms with Crippen molar-refractivity contribution in [2.24, 2.45) is 0 Å². The van der Waals surface area contributed by atoms with E-state index in [0.717, 1.165) is 24.2 Å². The molecule has 2 aliphatic heterocycles. The number of aromatic nitrogens is 1. The number of nitrogens with zero attached hydrogens (tertiary/aromatic N) is 2. The highest BCUT2D eigenvalue weighted by molar-refractivity contribution is 6.62. The number of pyridine rings is 1. The summed E-state index contributed by atoms with van der Waals surface area (Å²) in [5, 5.41) is 0. The van der Waals surface area contributed by atoms with E-state index in [1.54, 1.807) is 13.3 Å². The van der Waals surface area contributed by atoms with Crippen LogP contribution in [-0.4, -0.2) is 43.5 Å². The summed E-state index contributed by atoms with van der Waals surface area (Å²) < 4.78 is 17.7. The third-order valence-corrected chi connectivity index (χ3v) is 5.02. The summed E-state index contributed by atoms with van der Waals surface area (Å²) >= 11 is 0. The van der Waals surface area contributed by atoms with E-state index in [-0.39, 0.29) is 18.3 Å². The van der Waals surface area contributed by atoms with Gasteiger partial charge in [0.05, 0.1) is 24.0 Å². The van der Waals surface area contributed by atoms with Gasteiger partial charge in [-0.3, -0.25) is 0 Å². The highest BCUT2D eigenvalue weighted by atomic mass is 16.7. The third-order valence-electron chi connectivity index (χ3n) is 5.02. The molecule has 1 aromatic heterocycles. The van der Waals surface area contributed by atoms with Crippen LogP contribution >= 0.6 is 0 Å². The summed E-state index contributed by atoms with van der Waals surface area (Å²) in [7, 11) is 1.28. The molecule has 0 spiro atoms. The molecule has 22 heavy (non-hydrogen) atoms. The molecule has 5 nitrogen and oxygen atoms in total. The molecule has 2 saturated heterocycles. The summed E-state index contributed by atoms with van der Waals surface area (Å²) in [4.78, 5) is 6.78. The van der Waals surface area contributed by atoms with Crippen LogP contribution in [0.15, 0.2) is 12.3 Å². The second-order valence-electron chi connectivity index (χ2n) is 7.08. The van der Waals surface area contributed by atoms with E-state index >= 15 is 0 Å². The molecule has 3 heterocycles. The smallest absolute Gasteiger partial charge is 0.480 e. The topological polar surface area (TPSA) is 43.8 Å². The molecule has 0 bridgehead atoms. The van der Waals surface area contributed by atoms with E-state index in [1.807, 2.05) is 0 Å². The Morgan fingerprint density at radius 1 is 1.14 bits per heavy atom. The van der Waals surface area contributed by atoms with Crippen LogP contribution in [-0.2, 0) is 9.31 Å². The molecular formula is C16H25BN2O3. The van der Waals surface area contributed by atoms with Crippen molar-refractivity contribution in [3.8, 4) is 5.88 Å². The van der Waals surface area contributed by atoms with Crippen LogP contribution in [0.3, 0.4) is 0 Å². The third kappa shape index (κ3) is 2.59. The van der Waals surface area contributed by atoms with Gasteiger partial charge in [0.25, 0.3) is 0 Å². The van der Waals surface area contributed by atoms with Gasteiger partial charge in [-0.15, -0.1) is 0 Å². The van der Waals surface area contributed by atoms with Crippen LogP contribution in [0.5, 0.6) is 5.88 Å². The van der Waals surface area contributed by atoms with Gasteiger partial charge in [0.2, 0.25) is 5.88 Å². The molecule has 3 rings (SSSR count). The summed E-state index contributed by atoms with van der Waals surface area (Å²) in [6, 6.07) is 2.10. The number of anilines is 1. The first kappa shape index (κ1) is 15.6. The normalized spacial score (nSPS) is 23.1. The van der Waals surface area contributed by atoms with Crippen molar-refractivity contribution < 1.29 is 14.0 Å². The minimum absolute atomic E-state index is 0.342. The van der Waals surface area contributed by atoms with E-state index in [1.165, 1.54) is 12.8 Å². The molecule has 2 fully saturated rings. The Balaban J connectivity index is 1.91. The number of hydrogen-bond acceptors (Lipinski definition) is 5. The standard InChI is InChI=1S/C16H25BN2O3/c1-15(2)16(3,4)22-17(21-15)12-10-13(14(20-5)18-11-12)19-8-6-7-9-19/h10-11H,6-9H2,1-5H3. The van der Waals surface area contributed by atoms with Crippen molar-refractivity contribution in [3.63, 3.8) is 0 Å². The monoisotopic (exact) mass is 304 g/mol. The molecule has 0 aliphatic carbocycles. The number of hydrogen-bond donors (Lipinski definition) is 0. The van der Waals surface area contributed by atoms with Crippen LogP contribution in [0.2, 0.25) is 0 Å². The first-order valence-electron chi connectivity index (χ1n) is 7.98. The van der Waals surface area contributed by atoms with Gasteiger partial charge in [-0.25, -0.2) is 4.98 Å². The summed E-state index contributed by atoms with van der Waals surface area (Å²) in [6.45, 7) is 10.3. The molecule has 2 aliphatic rings. The first-order valence-corrected chi connectivity index (χ1v) is 7.98. The predicted molar refractivity (Wildman–Crippen MR) is 88.0 cm³/mol. The van der Waals surface area contributed by atoms with E-state index in [2.05, 4.69) is 43.6 Å². The van der Waals surface area contributed by atoms with Gasteiger partial charge in [0.15, 0.2) is 0 Å². The van der Waals surface area contributed by atoms with Crippen molar-refractivity contribution in [1.82, 2.24) is 4.98 Å². The average Bonchev–Trinajstić information content (AvgIpc) is 3.05. The van der Waals surface area contributed by atoms with Gasteiger partial charge in [0, 0.05) is 24.7 Å². The van der Waals surface area contributed by atoms with Crippen molar-refractivity contribution in [2.45, 2.75) is 51.7 Å². The van der Waals surface area contributed by atoms with Gasteiger partial charge in [0.1, 0.15) is 0 Å². The molecular weight excluding hydrogens is 279 g/mol. The molecule has 0 unspecified atom stereocenters. The van der Waals surface area contributed by atoms with Crippen LogP contribution in [0.4, 0.5) is 5.69 Å². The molecule has 0 amide bonds. The molecule has 6 heteroatoms. The van der Waals surface area contributed by atoms with E-state index < -0.39 is 0 Å². The average molecular weight is 304 g/mol. The lowest BCUT2D eigenvalue weighted by Gasteiger charge is -2.32. The lowest BCUT2D eigenvalue weighted by molar-refractivity contribution is 0.00578. The van der Waals surface area contributed by atoms with Gasteiger partial charge in [-0.1, -0.05) is 0 Å². The maximum Gasteiger partial charge on any atom is 0.496 e. The Kier molecular flexibility index (Phi) is 3.85. The van der Waals surface area contributed by atoms with Crippen LogP contribution in [0.1, 0.15) is 40.5 Å². The Morgan fingerprint density at radius 2 is 1.73 bits per heavy atom. The van der Waals surface area contributed by atoms with E-state index in [4.69, 9.17) is 14.0 Å². The summed E-state index contributed by atoms with van der Waals surface area (Å²) in [6.07, 6.45) is 4.22. The zero-order chi connectivity index (χ0) is 16.0. The maximum atomic E-state index is 6.12. The maximum absolute atomic E-state index is 6.12. The van der Waals surface area contributed by atoms with Crippen molar-refractivity contribution in [1.29, 1.82) is 0 Å². The van der Waals surface area contributed by atoms with Crippen LogP contribution < -0.4 is 15.1 Å². The van der Waals surface area contributed by atoms with Gasteiger partial charge >= 0.3 is 7.12 Å². The fraction of sp³-hybridized carbons (Fsp3) is 0.688. The van der Waals surface area contributed by atoms with Crippen molar-refractivity contribution in [3.05, 3.63) is 12.3 Å². The molecule has 0 aromatic carbocycles. The zero-order valence-corrected chi connectivity index (χ0v) is 14.2. The SMILES string of the molecule is COc1ncc(B2OC(C)(C)C(C)(C)O2)cc1N1CCCC1. The van der Waals surface area contributed by atoms with Gasteiger partial charge < -0.3 is 18.9 Å². The number of rotatable bonds is 3. The molecule has 0 N–H and O–H groups in total. The predicted octanol–water partition coefficient (Wildman–Crippen LogP) is 1.99. The van der Waals surface area contributed by atoms with Gasteiger partial charge in [-0.05, 0) is 46.6 Å². The minimum Gasteiger partial charge on any atom is -0.480 e. The molecule has 0 atom stereocenters. The van der Waals surface area contributed by atoms with E-state index in [0.29, 0.717) is 5.88 Å². The Bertz CT molecular complexity index is 540. The fourth-order valence-electron chi connectivity index (χ4n) is 2.91. The number of methoxy groups -OCH3 is 1. The highest BCUT2D eigenvalue weighted by Gasteiger charge is 2.52. The largest absolute Gasteiger partial charge is 0.496 e. The van der Waals surface area contributed by atoms with Gasteiger partial charge in [-0.2, -0.15) is 0 Å². The number of ether oxygens (including phenoxy) is 1. The first-order chi connectivity index (χ1) is 10.3. The second-order valence-corrected chi connectivity index (χ2v) is 7.08. The molecule has 0 radical (unpaired) electrons. The van der Waals surface area contributed by atoms with E-state index in [9.17, 15) is 0 Å². The van der Waals surface area contributed by atoms with Crippen molar-refractivity contribution >= 4 is 18.3 Å². The Hall–Kier alpha value is -1.27. The quantitative estimate of drug-likeness (QED) is 0.799. The second kappa shape index (κ2) is 5.42. The summed E-state index contributed by atoms with van der Waals surface area (Å²) in [5.74, 6) is 0.669. The Morgan fingerprint density at radius 3 is 2.27 bits per heavy atom. The lowest BCUT2D eigenvalue weighted by Crippen LogP contribution is -2.41. The summed E-state index contributed by atoms with van der Waals surface area (Å²) in [5.41, 5.74) is 1.30. The lowest BCUT2D eigenvalue weighted by atomic mass is 9.80. The van der Waals surface area contributed by atoms with Crippen LogP contribution in [0, 0.1) is 0 Å². The minimum atomic E-state index is -0.384. The van der Waals surface area contributed by atoms with Crippen molar-refractivity contribution in [2.75, 3.05) is 25.1 Å². The Labute approximate surface area is 133 Å². The highest BCUT2D eigenvalue weighted by Crippen LogP contribution is 2.37.